The van der Waals surface area contributed by atoms with Crippen LogP contribution in [0.2, 0.25) is 0 Å². The summed E-state index contributed by atoms with van der Waals surface area (Å²) in [4.78, 5) is 0. The van der Waals surface area contributed by atoms with Crippen LogP contribution in [0.25, 0.3) is 0 Å². The molecule has 1 saturated carbocycles. The molecule has 2 nitrogen and oxygen atoms in total. The SMILES string of the molecule is C=C1C[C@@]2(CCCO2)C[C@@]2(CCCO2)C1. The Morgan fingerprint density at radius 2 is 1.47 bits per heavy atom. The van der Waals surface area contributed by atoms with Crippen LogP contribution in [0, 0.1) is 0 Å². The van der Waals surface area contributed by atoms with Crippen molar-refractivity contribution in [2.45, 2.75) is 56.1 Å². The molecule has 2 aliphatic heterocycles. The fourth-order valence-corrected chi connectivity index (χ4v) is 3.75. The van der Waals surface area contributed by atoms with Crippen molar-refractivity contribution in [3.63, 3.8) is 0 Å². The summed E-state index contributed by atoms with van der Waals surface area (Å²) >= 11 is 0. The van der Waals surface area contributed by atoms with Crippen molar-refractivity contribution >= 4 is 0 Å². The van der Waals surface area contributed by atoms with Crippen LogP contribution in [0.5, 0.6) is 0 Å². The zero-order chi connectivity index (χ0) is 10.4. The summed E-state index contributed by atoms with van der Waals surface area (Å²) in [6, 6.07) is 0. The summed E-state index contributed by atoms with van der Waals surface area (Å²) in [6.07, 6.45) is 8.08. The van der Waals surface area contributed by atoms with E-state index in [2.05, 4.69) is 6.58 Å². The van der Waals surface area contributed by atoms with Crippen molar-refractivity contribution in [2.75, 3.05) is 13.2 Å². The predicted octanol–water partition coefficient (Wildman–Crippen LogP) is 2.82. The highest BCUT2D eigenvalue weighted by Crippen LogP contribution is 2.50. The Balaban J connectivity index is 1.84. The average molecular weight is 208 g/mol. The number of ether oxygens (including phenoxy) is 2. The van der Waals surface area contributed by atoms with Gasteiger partial charge in [0.05, 0.1) is 11.2 Å². The molecular formula is C13H20O2. The van der Waals surface area contributed by atoms with Gasteiger partial charge in [-0.3, -0.25) is 0 Å². The highest BCUT2D eigenvalue weighted by Gasteiger charge is 2.50. The molecule has 3 rings (SSSR count). The molecule has 3 aliphatic rings. The second kappa shape index (κ2) is 3.33. The van der Waals surface area contributed by atoms with Crippen LogP contribution in [0.1, 0.15) is 44.9 Å². The average Bonchev–Trinajstić information content (AvgIpc) is 2.75. The molecule has 0 aromatic carbocycles. The zero-order valence-electron chi connectivity index (χ0n) is 9.39. The molecular weight excluding hydrogens is 188 g/mol. The third kappa shape index (κ3) is 1.64. The summed E-state index contributed by atoms with van der Waals surface area (Å²) in [6.45, 7) is 6.06. The topological polar surface area (TPSA) is 18.5 Å². The molecule has 3 fully saturated rings. The maximum Gasteiger partial charge on any atom is 0.0747 e. The summed E-state index contributed by atoms with van der Waals surface area (Å²) in [5, 5.41) is 0. The van der Waals surface area contributed by atoms with E-state index >= 15 is 0 Å². The first kappa shape index (κ1) is 9.86. The Morgan fingerprint density at radius 1 is 0.933 bits per heavy atom. The van der Waals surface area contributed by atoms with Gasteiger partial charge in [0.15, 0.2) is 0 Å². The van der Waals surface area contributed by atoms with E-state index < -0.39 is 0 Å². The lowest BCUT2D eigenvalue weighted by Gasteiger charge is -2.44. The molecule has 0 bridgehead atoms. The normalized spacial score (nSPS) is 45.7. The molecule has 0 unspecified atom stereocenters. The van der Waals surface area contributed by atoms with Crippen molar-refractivity contribution in [3.8, 4) is 0 Å². The van der Waals surface area contributed by atoms with Crippen molar-refractivity contribution in [1.29, 1.82) is 0 Å². The Kier molecular flexibility index (Phi) is 2.18. The molecule has 2 heteroatoms. The van der Waals surface area contributed by atoms with Crippen LogP contribution in [-0.4, -0.2) is 24.4 Å². The van der Waals surface area contributed by atoms with Gasteiger partial charge in [-0.1, -0.05) is 12.2 Å². The monoisotopic (exact) mass is 208 g/mol. The molecule has 0 radical (unpaired) electrons. The van der Waals surface area contributed by atoms with Gasteiger partial charge in [-0.15, -0.1) is 0 Å². The second-order valence-corrected chi connectivity index (χ2v) is 5.55. The lowest BCUT2D eigenvalue weighted by atomic mass is 9.71. The van der Waals surface area contributed by atoms with E-state index in [1.807, 2.05) is 0 Å². The fourth-order valence-electron chi connectivity index (χ4n) is 3.75. The van der Waals surface area contributed by atoms with Gasteiger partial charge < -0.3 is 9.47 Å². The number of hydrogen-bond acceptors (Lipinski definition) is 2. The third-order valence-corrected chi connectivity index (χ3v) is 4.16. The van der Waals surface area contributed by atoms with Crippen LogP contribution >= 0.6 is 0 Å². The van der Waals surface area contributed by atoms with Crippen LogP contribution in [-0.2, 0) is 9.47 Å². The van der Waals surface area contributed by atoms with Gasteiger partial charge in [0, 0.05) is 19.6 Å². The minimum atomic E-state index is 0.0969. The lowest BCUT2D eigenvalue weighted by Crippen LogP contribution is -2.45. The summed E-state index contributed by atoms with van der Waals surface area (Å²) in [5.41, 5.74) is 1.53. The molecule has 0 N–H and O–H groups in total. The first-order valence-electron chi connectivity index (χ1n) is 6.17. The standard InChI is InChI=1S/C13H20O2/c1-11-8-12(4-2-6-14-12)10-13(9-11)5-3-7-15-13/h1-10H2/t12-,13+. The minimum Gasteiger partial charge on any atom is -0.375 e. The van der Waals surface area contributed by atoms with Crippen molar-refractivity contribution < 1.29 is 9.47 Å². The Labute approximate surface area is 91.6 Å². The smallest absolute Gasteiger partial charge is 0.0747 e. The number of rotatable bonds is 0. The van der Waals surface area contributed by atoms with E-state index in [1.165, 1.54) is 31.3 Å². The third-order valence-electron chi connectivity index (χ3n) is 4.16. The van der Waals surface area contributed by atoms with Crippen LogP contribution in [0.15, 0.2) is 12.2 Å². The van der Waals surface area contributed by atoms with Crippen LogP contribution < -0.4 is 0 Å². The number of hydrogen-bond donors (Lipinski definition) is 0. The van der Waals surface area contributed by atoms with Crippen molar-refractivity contribution in [1.82, 2.24) is 0 Å². The molecule has 15 heavy (non-hydrogen) atoms. The maximum atomic E-state index is 6.00. The largest absolute Gasteiger partial charge is 0.375 e. The first-order valence-corrected chi connectivity index (χ1v) is 6.17. The minimum absolute atomic E-state index is 0.0969. The van der Waals surface area contributed by atoms with Crippen LogP contribution in [0.4, 0.5) is 0 Å². The fraction of sp³-hybridized carbons (Fsp3) is 0.846. The highest BCUT2D eigenvalue weighted by atomic mass is 16.5. The molecule has 2 heterocycles. The van der Waals surface area contributed by atoms with Crippen LogP contribution in [0.3, 0.4) is 0 Å². The molecule has 0 aromatic rings. The second-order valence-electron chi connectivity index (χ2n) is 5.55. The Morgan fingerprint density at radius 3 is 1.87 bits per heavy atom. The predicted molar refractivity (Wildman–Crippen MR) is 58.8 cm³/mol. The van der Waals surface area contributed by atoms with Gasteiger partial charge in [0.25, 0.3) is 0 Å². The van der Waals surface area contributed by atoms with Gasteiger partial charge in [0.2, 0.25) is 0 Å². The molecule has 2 spiro atoms. The van der Waals surface area contributed by atoms with E-state index in [9.17, 15) is 0 Å². The van der Waals surface area contributed by atoms with Gasteiger partial charge in [-0.2, -0.15) is 0 Å². The van der Waals surface area contributed by atoms with Gasteiger partial charge >= 0.3 is 0 Å². The highest BCUT2D eigenvalue weighted by molar-refractivity contribution is 5.16. The van der Waals surface area contributed by atoms with Gasteiger partial charge in [-0.25, -0.2) is 0 Å². The Hall–Kier alpha value is -0.340. The summed E-state index contributed by atoms with van der Waals surface area (Å²) < 4.78 is 12.0. The summed E-state index contributed by atoms with van der Waals surface area (Å²) in [5.74, 6) is 0. The first-order chi connectivity index (χ1) is 7.22. The quantitative estimate of drug-likeness (QED) is 0.570. The molecule has 0 aromatic heterocycles. The molecule has 2 atom stereocenters. The van der Waals surface area contributed by atoms with Crippen molar-refractivity contribution in [3.05, 3.63) is 12.2 Å². The molecule has 0 amide bonds. The molecule has 2 saturated heterocycles. The van der Waals surface area contributed by atoms with E-state index in [1.54, 1.807) is 0 Å². The van der Waals surface area contributed by atoms with E-state index in [0.29, 0.717) is 0 Å². The van der Waals surface area contributed by atoms with Crippen molar-refractivity contribution in [2.24, 2.45) is 0 Å². The van der Waals surface area contributed by atoms with E-state index in [-0.39, 0.29) is 11.2 Å². The Bertz CT molecular complexity index is 244. The molecule has 1 aliphatic carbocycles. The lowest BCUT2D eigenvalue weighted by molar-refractivity contribution is -0.103. The van der Waals surface area contributed by atoms with Gasteiger partial charge in [0.1, 0.15) is 0 Å². The van der Waals surface area contributed by atoms with E-state index in [4.69, 9.17) is 9.47 Å². The van der Waals surface area contributed by atoms with E-state index in [0.717, 1.165) is 32.5 Å². The summed E-state index contributed by atoms with van der Waals surface area (Å²) in [7, 11) is 0. The molecule has 84 valence electrons. The zero-order valence-corrected chi connectivity index (χ0v) is 9.39. The maximum absolute atomic E-state index is 6.00. The van der Waals surface area contributed by atoms with Gasteiger partial charge in [-0.05, 0) is 38.5 Å².